The monoisotopic (exact) mass is 188 g/mol. The number of aliphatic hydroxyl groups excluding tert-OH is 1. The molecule has 0 aromatic carbocycles. The lowest BCUT2D eigenvalue weighted by Gasteiger charge is -2.18. The normalized spacial score (nSPS) is 14.1. The zero-order chi connectivity index (χ0) is 10.3. The molecule has 0 fully saturated rings. The summed E-state index contributed by atoms with van der Waals surface area (Å²) in [5.41, 5.74) is 0. The van der Waals surface area contributed by atoms with Crippen molar-refractivity contribution in [1.82, 2.24) is 9.80 Å². The van der Waals surface area contributed by atoms with Crippen molar-refractivity contribution in [2.24, 2.45) is 0 Å². The van der Waals surface area contributed by atoms with Gasteiger partial charge in [0, 0.05) is 0 Å². The van der Waals surface area contributed by atoms with E-state index in [-0.39, 0.29) is 6.23 Å². The summed E-state index contributed by atoms with van der Waals surface area (Å²) in [6.07, 6.45) is 4.18. The Morgan fingerprint density at radius 1 is 1.00 bits per heavy atom. The van der Waals surface area contributed by atoms with Gasteiger partial charge >= 0.3 is 0 Å². The Hall–Kier alpha value is -0.120. The summed E-state index contributed by atoms with van der Waals surface area (Å²) in [7, 11) is 8.00. The molecule has 1 N–H and O–H groups in total. The summed E-state index contributed by atoms with van der Waals surface area (Å²) in [4.78, 5) is 4.05. The second-order valence-corrected chi connectivity index (χ2v) is 4.10. The Morgan fingerprint density at radius 3 is 2.08 bits per heavy atom. The molecule has 0 aliphatic carbocycles. The van der Waals surface area contributed by atoms with Crippen LogP contribution >= 0.6 is 0 Å². The maximum atomic E-state index is 9.45. The first-order valence-electron chi connectivity index (χ1n) is 5.03. The summed E-state index contributed by atoms with van der Waals surface area (Å²) < 4.78 is 0. The molecule has 13 heavy (non-hydrogen) atoms. The molecule has 0 heterocycles. The predicted molar refractivity (Wildman–Crippen MR) is 56.7 cm³/mol. The second-order valence-electron chi connectivity index (χ2n) is 4.10. The van der Waals surface area contributed by atoms with Crippen LogP contribution in [0.2, 0.25) is 0 Å². The molecule has 1 unspecified atom stereocenters. The highest BCUT2D eigenvalue weighted by atomic mass is 16.3. The van der Waals surface area contributed by atoms with Gasteiger partial charge in [0.2, 0.25) is 0 Å². The topological polar surface area (TPSA) is 26.7 Å². The fraction of sp³-hybridized carbons (Fsp3) is 1.00. The van der Waals surface area contributed by atoms with E-state index in [0.29, 0.717) is 0 Å². The van der Waals surface area contributed by atoms with E-state index in [0.717, 1.165) is 19.4 Å². The van der Waals surface area contributed by atoms with Crippen LogP contribution in [0.1, 0.15) is 25.7 Å². The number of hydrogen-bond acceptors (Lipinski definition) is 3. The molecule has 3 heteroatoms. The van der Waals surface area contributed by atoms with Crippen molar-refractivity contribution in [3.05, 3.63) is 0 Å². The van der Waals surface area contributed by atoms with Crippen LogP contribution in [0.5, 0.6) is 0 Å². The summed E-state index contributed by atoms with van der Waals surface area (Å²) in [6, 6.07) is 0. The third-order valence-electron chi connectivity index (χ3n) is 2.16. The molecule has 0 aromatic rings. The molecule has 0 radical (unpaired) electrons. The van der Waals surface area contributed by atoms with E-state index < -0.39 is 0 Å². The zero-order valence-electron chi connectivity index (χ0n) is 9.45. The molecule has 0 saturated carbocycles. The van der Waals surface area contributed by atoms with Crippen LogP contribution in [0.4, 0.5) is 0 Å². The Kier molecular flexibility index (Phi) is 7.23. The summed E-state index contributed by atoms with van der Waals surface area (Å²) >= 11 is 0. The average molecular weight is 188 g/mol. The molecule has 0 aliphatic rings. The third-order valence-corrected chi connectivity index (χ3v) is 2.16. The van der Waals surface area contributed by atoms with Crippen molar-refractivity contribution < 1.29 is 5.11 Å². The van der Waals surface area contributed by atoms with Crippen molar-refractivity contribution in [2.45, 2.75) is 31.9 Å². The number of rotatable bonds is 7. The maximum absolute atomic E-state index is 9.45. The van der Waals surface area contributed by atoms with Crippen LogP contribution < -0.4 is 0 Å². The molecule has 0 bridgehead atoms. The Balaban J connectivity index is 3.16. The second kappa shape index (κ2) is 7.30. The highest BCUT2D eigenvalue weighted by Crippen LogP contribution is 2.05. The maximum Gasteiger partial charge on any atom is 0.106 e. The van der Waals surface area contributed by atoms with Gasteiger partial charge in [-0.05, 0) is 54.0 Å². The number of aliphatic hydroxyl groups is 1. The molecular weight excluding hydrogens is 164 g/mol. The van der Waals surface area contributed by atoms with E-state index in [1.165, 1.54) is 12.8 Å². The molecule has 0 aromatic heterocycles. The minimum absolute atomic E-state index is 0.264. The lowest BCUT2D eigenvalue weighted by molar-refractivity contribution is 0.0312. The van der Waals surface area contributed by atoms with Gasteiger partial charge in [-0.25, -0.2) is 0 Å². The van der Waals surface area contributed by atoms with Crippen molar-refractivity contribution in [1.29, 1.82) is 0 Å². The van der Waals surface area contributed by atoms with Crippen LogP contribution in [0.25, 0.3) is 0 Å². The third kappa shape index (κ3) is 8.22. The average Bonchev–Trinajstić information content (AvgIpc) is 2.02. The first-order valence-corrected chi connectivity index (χ1v) is 5.03. The SMILES string of the molecule is CN(C)CCCCCC(O)N(C)C. The van der Waals surface area contributed by atoms with Crippen LogP contribution in [0.15, 0.2) is 0 Å². The molecule has 0 rings (SSSR count). The molecule has 3 nitrogen and oxygen atoms in total. The van der Waals surface area contributed by atoms with Crippen LogP contribution in [-0.2, 0) is 0 Å². The first-order chi connectivity index (χ1) is 6.04. The Morgan fingerprint density at radius 2 is 1.62 bits per heavy atom. The van der Waals surface area contributed by atoms with Gasteiger partial charge in [0.05, 0.1) is 0 Å². The summed E-state index contributed by atoms with van der Waals surface area (Å²) in [6.45, 7) is 1.15. The van der Waals surface area contributed by atoms with E-state index in [9.17, 15) is 5.11 Å². The molecule has 0 saturated heterocycles. The molecule has 0 amide bonds. The lowest BCUT2D eigenvalue weighted by Crippen LogP contribution is -2.27. The predicted octanol–water partition coefficient (Wildman–Crippen LogP) is 0.988. The smallest absolute Gasteiger partial charge is 0.106 e. The molecule has 80 valence electrons. The van der Waals surface area contributed by atoms with E-state index in [2.05, 4.69) is 19.0 Å². The fourth-order valence-corrected chi connectivity index (χ4v) is 1.19. The van der Waals surface area contributed by atoms with E-state index in [1.54, 1.807) is 0 Å². The van der Waals surface area contributed by atoms with Gasteiger partial charge in [0.1, 0.15) is 6.23 Å². The molecule has 0 aliphatic heterocycles. The highest BCUT2D eigenvalue weighted by molar-refractivity contribution is 4.53. The van der Waals surface area contributed by atoms with Gasteiger partial charge in [-0.15, -0.1) is 0 Å². The van der Waals surface area contributed by atoms with Gasteiger partial charge in [0.15, 0.2) is 0 Å². The highest BCUT2D eigenvalue weighted by Gasteiger charge is 2.04. The first kappa shape index (κ1) is 12.9. The van der Waals surface area contributed by atoms with Crippen molar-refractivity contribution >= 4 is 0 Å². The standard InChI is InChI=1S/C10H24N2O/c1-11(2)9-7-5-6-8-10(13)12(3)4/h10,13H,5-9H2,1-4H3. The van der Waals surface area contributed by atoms with Crippen molar-refractivity contribution in [3.8, 4) is 0 Å². The lowest BCUT2D eigenvalue weighted by atomic mass is 10.1. The van der Waals surface area contributed by atoms with Gasteiger partial charge in [0.25, 0.3) is 0 Å². The van der Waals surface area contributed by atoms with Gasteiger partial charge < -0.3 is 10.0 Å². The Bertz CT molecular complexity index is 115. The van der Waals surface area contributed by atoms with Gasteiger partial charge in [-0.2, -0.15) is 0 Å². The van der Waals surface area contributed by atoms with Crippen LogP contribution in [-0.4, -0.2) is 55.9 Å². The summed E-state index contributed by atoms with van der Waals surface area (Å²) in [5.74, 6) is 0. The molecule has 0 spiro atoms. The van der Waals surface area contributed by atoms with Crippen molar-refractivity contribution in [2.75, 3.05) is 34.7 Å². The van der Waals surface area contributed by atoms with E-state index in [4.69, 9.17) is 0 Å². The van der Waals surface area contributed by atoms with E-state index >= 15 is 0 Å². The van der Waals surface area contributed by atoms with Crippen LogP contribution in [0, 0.1) is 0 Å². The Labute approximate surface area is 82.3 Å². The summed E-state index contributed by atoms with van der Waals surface area (Å²) in [5, 5.41) is 9.45. The fourth-order valence-electron chi connectivity index (χ4n) is 1.19. The van der Waals surface area contributed by atoms with Gasteiger partial charge in [-0.1, -0.05) is 6.42 Å². The number of unbranched alkanes of at least 4 members (excludes halogenated alkanes) is 2. The zero-order valence-corrected chi connectivity index (χ0v) is 9.45. The molecule has 1 atom stereocenters. The molecular formula is C10H24N2O. The quantitative estimate of drug-likeness (QED) is 0.477. The van der Waals surface area contributed by atoms with Gasteiger partial charge in [-0.3, -0.25) is 4.90 Å². The number of nitrogens with zero attached hydrogens (tertiary/aromatic N) is 2. The largest absolute Gasteiger partial charge is 0.378 e. The minimum Gasteiger partial charge on any atom is -0.378 e. The minimum atomic E-state index is -0.264. The van der Waals surface area contributed by atoms with Crippen LogP contribution in [0.3, 0.4) is 0 Å². The van der Waals surface area contributed by atoms with E-state index in [1.807, 2.05) is 19.0 Å². The van der Waals surface area contributed by atoms with Crippen molar-refractivity contribution in [3.63, 3.8) is 0 Å². The number of hydrogen-bond donors (Lipinski definition) is 1.